The number of nitrogens with one attached hydrogen (secondary N) is 1. The largest absolute Gasteiger partial charge is 0.461 e. The molecule has 5 nitrogen and oxygen atoms in total. The molecule has 0 atom stereocenters. The molecule has 3 rings (SSSR count). The lowest BCUT2D eigenvalue weighted by Gasteiger charge is -2.12. The van der Waals surface area contributed by atoms with E-state index in [0.29, 0.717) is 23.4 Å². The van der Waals surface area contributed by atoms with Crippen molar-refractivity contribution < 1.29 is 14.3 Å². The molecule has 2 aromatic carbocycles. The molecule has 0 saturated carbocycles. The second-order valence-electron chi connectivity index (χ2n) is 6.88. The Bertz CT molecular complexity index is 1060. The summed E-state index contributed by atoms with van der Waals surface area (Å²) in [6.45, 7) is 6.20. The molecule has 1 amide bonds. The normalized spacial score (nSPS) is 10.7. The van der Waals surface area contributed by atoms with E-state index in [1.54, 1.807) is 25.6 Å². The number of para-hydroxylation sites is 1. The topological polar surface area (TPSA) is 60.3 Å². The summed E-state index contributed by atoms with van der Waals surface area (Å²) in [7, 11) is 0. The van der Waals surface area contributed by atoms with Gasteiger partial charge in [-0.15, -0.1) is 11.8 Å². The first-order valence-electron chi connectivity index (χ1n) is 9.83. The number of carbonyl (C=O) groups is 2. The summed E-state index contributed by atoms with van der Waals surface area (Å²) in [5.41, 5.74) is 4.08. The van der Waals surface area contributed by atoms with Gasteiger partial charge in [0, 0.05) is 17.1 Å². The third kappa shape index (κ3) is 4.44. The second-order valence-corrected chi connectivity index (χ2v) is 7.73. The number of aromatic nitrogens is 1. The van der Waals surface area contributed by atoms with Gasteiger partial charge in [0.05, 0.1) is 17.9 Å². The predicted octanol–water partition coefficient (Wildman–Crippen LogP) is 5.30. The van der Waals surface area contributed by atoms with Crippen molar-refractivity contribution in [3.8, 4) is 0 Å². The fourth-order valence-corrected chi connectivity index (χ4v) is 4.14. The first-order valence-corrected chi connectivity index (χ1v) is 11.1. The molecule has 0 aliphatic heterocycles. The fraction of sp³-hybridized carbons (Fsp3) is 0.250. The van der Waals surface area contributed by atoms with Gasteiger partial charge in [0.2, 0.25) is 0 Å². The maximum atomic E-state index is 13.2. The van der Waals surface area contributed by atoms with Crippen molar-refractivity contribution in [3.63, 3.8) is 0 Å². The molecule has 0 radical (unpaired) electrons. The van der Waals surface area contributed by atoms with Crippen LogP contribution in [0.4, 0.5) is 5.69 Å². The minimum Gasteiger partial charge on any atom is -0.461 e. The van der Waals surface area contributed by atoms with E-state index in [1.165, 1.54) is 0 Å². The van der Waals surface area contributed by atoms with Crippen LogP contribution in [0.2, 0.25) is 0 Å². The van der Waals surface area contributed by atoms with E-state index >= 15 is 0 Å². The number of carbonyl (C=O) groups excluding carboxylic acids is 2. The summed E-state index contributed by atoms with van der Waals surface area (Å²) in [6.07, 6.45) is 1.97. The molecule has 6 heteroatoms. The van der Waals surface area contributed by atoms with Crippen LogP contribution in [0.3, 0.4) is 0 Å². The van der Waals surface area contributed by atoms with E-state index in [1.807, 2.05) is 72.3 Å². The van der Waals surface area contributed by atoms with E-state index in [2.05, 4.69) is 5.32 Å². The molecule has 0 aliphatic rings. The summed E-state index contributed by atoms with van der Waals surface area (Å²) in [5.74, 6) is -0.651. The van der Waals surface area contributed by atoms with Crippen molar-refractivity contribution in [3.05, 3.63) is 82.7 Å². The summed E-state index contributed by atoms with van der Waals surface area (Å²) in [6, 6.07) is 17.5. The molecular formula is C24H26N2O3S. The Morgan fingerprint density at radius 2 is 1.70 bits per heavy atom. The molecule has 0 fully saturated rings. The van der Waals surface area contributed by atoms with Gasteiger partial charge in [-0.05, 0) is 50.3 Å². The van der Waals surface area contributed by atoms with E-state index in [-0.39, 0.29) is 12.5 Å². The highest BCUT2D eigenvalue weighted by atomic mass is 32.2. The molecule has 1 aromatic heterocycles. The number of nitrogens with zero attached hydrogens (tertiary/aromatic N) is 1. The number of rotatable bonds is 7. The first kappa shape index (κ1) is 21.7. The smallest absolute Gasteiger partial charge is 0.355 e. The van der Waals surface area contributed by atoms with Crippen LogP contribution < -0.4 is 5.32 Å². The molecular weight excluding hydrogens is 396 g/mol. The Labute approximate surface area is 181 Å². The highest BCUT2D eigenvalue weighted by Gasteiger charge is 2.27. The van der Waals surface area contributed by atoms with Gasteiger partial charge in [0.15, 0.2) is 0 Å². The summed E-state index contributed by atoms with van der Waals surface area (Å²) < 4.78 is 7.17. The SMILES string of the molecule is CCOC(=O)c1c(C)c(C(=O)Nc2ccccc2SC)c(C)n1Cc1ccccc1. The zero-order valence-electron chi connectivity index (χ0n) is 17.7. The minimum absolute atomic E-state index is 0.233. The number of anilines is 1. The molecule has 1 N–H and O–H groups in total. The van der Waals surface area contributed by atoms with E-state index in [4.69, 9.17) is 4.74 Å². The molecule has 0 bridgehead atoms. The third-order valence-corrected chi connectivity index (χ3v) is 5.80. The molecule has 30 heavy (non-hydrogen) atoms. The van der Waals surface area contributed by atoms with Gasteiger partial charge in [0.1, 0.15) is 5.69 Å². The average molecular weight is 423 g/mol. The number of ether oxygens (including phenoxy) is 1. The third-order valence-electron chi connectivity index (χ3n) is 5.00. The lowest BCUT2D eigenvalue weighted by atomic mass is 10.1. The van der Waals surface area contributed by atoms with Crippen LogP contribution in [-0.4, -0.2) is 29.3 Å². The average Bonchev–Trinajstić information content (AvgIpc) is 2.99. The number of hydrogen-bond donors (Lipinski definition) is 1. The first-order chi connectivity index (χ1) is 14.5. The highest BCUT2D eigenvalue weighted by molar-refractivity contribution is 7.98. The minimum atomic E-state index is -0.419. The Kier molecular flexibility index (Phi) is 7.00. The molecule has 1 heterocycles. The molecule has 156 valence electrons. The van der Waals surface area contributed by atoms with Crippen LogP contribution >= 0.6 is 11.8 Å². The van der Waals surface area contributed by atoms with Gasteiger partial charge in [-0.2, -0.15) is 0 Å². The maximum absolute atomic E-state index is 13.2. The summed E-state index contributed by atoms with van der Waals surface area (Å²) >= 11 is 1.57. The molecule has 3 aromatic rings. The van der Waals surface area contributed by atoms with Crippen LogP contribution in [-0.2, 0) is 11.3 Å². The summed E-state index contributed by atoms with van der Waals surface area (Å²) in [5, 5.41) is 3.01. The van der Waals surface area contributed by atoms with Gasteiger partial charge in [0.25, 0.3) is 5.91 Å². The molecule has 0 saturated heterocycles. The van der Waals surface area contributed by atoms with Gasteiger partial charge < -0.3 is 14.6 Å². The monoisotopic (exact) mass is 422 g/mol. The Balaban J connectivity index is 2.05. The lowest BCUT2D eigenvalue weighted by Crippen LogP contribution is -2.15. The van der Waals surface area contributed by atoms with E-state index in [0.717, 1.165) is 21.8 Å². The van der Waals surface area contributed by atoms with Crippen molar-refractivity contribution in [1.29, 1.82) is 0 Å². The van der Waals surface area contributed by atoms with E-state index < -0.39 is 5.97 Å². The second kappa shape index (κ2) is 9.67. The van der Waals surface area contributed by atoms with Crippen molar-refractivity contribution in [1.82, 2.24) is 4.57 Å². The Morgan fingerprint density at radius 3 is 2.37 bits per heavy atom. The van der Waals surface area contributed by atoms with Crippen molar-refractivity contribution in [2.24, 2.45) is 0 Å². The Hall–Kier alpha value is -2.99. The van der Waals surface area contributed by atoms with Crippen molar-refractivity contribution >= 4 is 29.3 Å². The standard InChI is InChI=1S/C24H26N2O3S/c1-5-29-24(28)22-16(2)21(17(3)26(22)15-18-11-7-6-8-12-18)23(27)25-19-13-9-10-14-20(19)30-4/h6-14H,5,15H2,1-4H3,(H,25,27). The van der Waals surface area contributed by atoms with E-state index in [9.17, 15) is 9.59 Å². The lowest BCUT2D eigenvalue weighted by molar-refractivity contribution is 0.0513. The maximum Gasteiger partial charge on any atom is 0.355 e. The van der Waals surface area contributed by atoms with Gasteiger partial charge in [-0.1, -0.05) is 42.5 Å². The molecule has 0 spiro atoms. The number of benzene rings is 2. The van der Waals surface area contributed by atoms with Crippen LogP contribution in [0.5, 0.6) is 0 Å². The molecule has 0 unspecified atom stereocenters. The summed E-state index contributed by atoms with van der Waals surface area (Å²) in [4.78, 5) is 27.0. The number of amides is 1. The van der Waals surface area contributed by atoms with Crippen molar-refractivity contribution in [2.45, 2.75) is 32.2 Å². The Morgan fingerprint density at radius 1 is 1.03 bits per heavy atom. The van der Waals surface area contributed by atoms with Gasteiger partial charge in [-0.25, -0.2) is 4.79 Å². The van der Waals surface area contributed by atoms with Crippen LogP contribution in [0.25, 0.3) is 0 Å². The molecule has 0 aliphatic carbocycles. The van der Waals surface area contributed by atoms with Gasteiger partial charge in [-0.3, -0.25) is 4.79 Å². The number of hydrogen-bond acceptors (Lipinski definition) is 4. The zero-order valence-corrected chi connectivity index (χ0v) is 18.5. The predicted molar refractivity (Wildman–Crippen MR) is 122 cm³/mol. The quantitative estimate of drug-likeness (QED) is 0.414. The number of thioether (sulfide) groups is 1. The van der Waals surface area contributed by atoms with Crippen LogP contribution in [0.15, 0.2) is 59.5 Å². The fourth-order valence-electron chi connectivity index (χ4n) is 3.59. The van der Waals surface area contributed by atoms with Crippen LogP contribution in [0.1, 0.15) is 44.6 Å². The van der Waals surface area contributed by atoms with Crippen molar-refractivity contribution in [2.75, 3.05) is 18.2 Å². The zero-order chi connectivity index (χ0) is 21.7. The van der Waals surface area contributed by atoms with Crippen LogP contribution in [0, 0.1) is 13.8 Å². The highest BCUT2D eigenvalue weighted by Crippen LogP contribution is 2.28. The van der Waals surface area contributed by atoms with Gasteiger partial charge >= 0.3 is 5.97 Å². The number of esters is 1.